The molecule has 100 valence electrons. The molecule has 0 aromatic heterocycles. The number of benzene rings is 1. The second-order valence-corrected chi connectivity index (χ2v) is 4.29. The molecule has 4 heteroatoms. The molecule has 0 aliphatic carbocycles. The highest BCUT2D eigenvalue weighted by atomic mass is 35.5. The van der Waals surface area contributed by atoms with Crippen LogP contribution >= 0.6 is 11.6 Å². The minimum Gasteiger partial charge on any atom is -0.486 e. The normalized spacial score (nSPS) is 12.9. The van der Waals surface area contributed by atoms with Gasteiger partial charge < -0.3 is 10.1 Å². The van der Waals surface area contributed by atoms with Gasteiger partial charge in [-0.1, -0.05) is 24.6 Å². The monoisotopic (exact) mass is 271 g/mol. The predicted octanol–water partition coefficient (Wildman–Crippen LogP) is 4.02. The summed E-state index contributed by atoms with van der Waals surface area (Å²) in [6.45, 7) is 5.30. The highest BCUT2D eigenvalue weighted by Gasteiger charge is 2.09. The van der Waals surface area contributed by atoms with E-state index in [2.05, 4.69) is 12.2 Å². The zero-order chi connectivity index (χ0) is 13.4. The molecule has 1 unspecified atom stereocenters. The Morgan fingerprint density at radius 1 is 1.50 bits per heavy atom. The molecule has 0 saturated heterocycles. The molecule has 1 aromatic carbocycles. The molecule has 0 bridgehead atoms. The van der Waals surface area contributed by atoms with Crippen LogP contribution in [0.1, 0.15) is 31.9 Å². The van der Waals surface area contributed by atoms with Crippen molar-refractivity contribution in [3.8, 4) is 5.75 Å². The Hall–Kier alpha value is -1.06. The Labute approximate surface area is 113 Å². The van der Waals surface area contributed by atoms with Crippen LogP contribution in [0.2, 0.25) is 0 Å². The maximum atomic E-state index is 13.8. The van der Waals surface area contributed by atoms with Gasteiger partial charge in [0.2, 0.25) is 0 Å². The summed E-state index contributed by atoms with van der Waals surface area (Å²) in [6.07, 6.45) is 2.67. The molecule has 0 fully saturated rings. The van der Waals surface area contributed by atoms with Crippen molar-refractivity contribution >= 4 is 11.6 Å². The molecule has 1 rings (SSSR count). The lowest BCUT2D eigenvalue weighted by molar-refractivity contribution is 0.341. The van der Waals surface area contributed by atoms with Crippen molar-refractivity contribution in [1.82, 2.24) is 5.32 Å². The summed E-state index contributed by atoms with van der Waals surface area (Å²) in [6, 6.07) is 5.16. The van der Waals surface area contributed by atoms with E-state index in [1.807, 2.05) is 13.0 Å². The number of hydrogen-bond donors (Lipinski definition) is 1. The van der Waals surface area contributed by atoms with Gasteiger partial charge in [0.15, 0.2) is 11.6 Å². The van der Waals surface area contributed by atoms with Crippen LogP contribution in [0.25, 0.3) is 0 Å². The van der Waals surface area contributed by atoms with Gasteiger partial charge in [-0.25, -0.2) is 4.39 Å². The lowest BCUT2D eigenvalue weighted by Gasteiger charge is -2.14. The molecular weight excluding hydrogens is 253 g/mol. The second kappa shape index (κ2) is 8.11. The van der Waals surface area contributed by atoms with Crippen LogP contribution in [0.4, 0.5) is 4.39 Å². The van der Waals surface area contributed by atoms with Crippen LogP contribution < -0.4 is 10.1 Å². The van der Waals surface area contributed by atoms with Crippen molar-refractivity contribution in [2.24, 2.45) is 0 Å². The predicted molar refractivity (Wildman–Crippen MR) is 73.6 cm³/mol. The molecule has 0 radical (unpaired) electrons. The summed E-state index contributed by atoms with van der Waals surface area (Å²) in [5.74, 6) is -0.100. The molecule has 0 amide bonds. The summed E-state index contributed by atoms with van der Waals surface area (Å²) >= 11 is 5.36. The van der Waals surface area contributed by atoms with E-state index in [1.165, 1.54) is 11.6 Å². The van der Waals surface area contributed by atoms with Crippen LogP contribution in [-0.4, -0.2) is 13.2 Å². The third-order valence-corrected chi connectivity index (χ3v) is 2.76. The van der Waals surface area contributed by atoms with E-state index in [0.717, 1.165) is 18.5 Å². The number of nitrogens with one attached hydrogen (secondary N) is 1. The molecule has 1 N–H and O–H groups in total. The van der Waals surface area contributed by atoms with E-state index in [-0.39, 0.29) is 24.2 Å². The van der Waals surface area contributed by atoms with Crippen molar-refractivity contribution in [1.29, 1.82) is 0 Å². The Kier molecular flexibility index (Phi) is 6.76. The molecule has 1 atom stereocenters. The molecule has 2 nitrogen and oxygen atoms in total. The number of rotatable bonds is 7. The maximum absolute atomic E-state index is 13.8. The average molecular weight is 272 g/mol. The lowest BCUT2D eigenvalue weighted by Crippen LogP contribution is -2.19. The molecule has 1 aromatic rings. The average Bonchev–Trinajstić information content (AvgIpc) is 2.38. The van der Waals surface area contributed by atoms with Gasteiger partial charge in [0.25, 0.3) is 0 Å². The minimum absolute atomic E-state index is 0.135. The molecule has 18 heavy (non-hydrogen) atoms. The van der Waals surface area contributed by atoms with E-state index in [9.17, 15) is 4.39 Å². The quantitative estimate of drug-likeness (QED) is 0.809. The molecule has 0 saturated carbocycles. The van der Waals surface area contributed by atoms with Gasteiger partial charge in [-0.2, -0.15) is 0 Å². The highest BCUT2D eigenvalue weighted by molar-refractivity contribution is 6.25. The van der Waals surface area contributed by atoms with Crippen molar-refractivity contribution in [2.45, 2.75) is 26.3 Å². The molecule has 0 heterocycles. The van der Waals surface area contributed by atoms with Gasteiger partial charge in [0, 0.05) is 11.6 Å². The van der Waals surface area contributed by atoms with Crippen molar-refractivity contribution in [2.75, 3.05) is 13.2 Å². The largest absolute Gasteiger partial charge is 0.486 e. The van der Waals surface area contributed by atoms with E-state index >= 15 is 0 Å². The highest BCUT2D eigenvalue weighted by Crippen LogP contribution is 2.22. The fourth-order valence-corrected chi connectivity index (χ4v) is 1.63. The van der Waals surface area contributed by atoms with Crippen molar-refractivity contribution < 1.29 is 9.13 Å². The van der Waals surface area contributed by atoms with Crippen molar-refractivity contribution in [3.63, 3.8) is 0 Å². The Bertz CT molecular complexity index is 395. The fraction of sp³-hybridized carbons (Fsp3) is 0.429. The number of ether oxygens (including phenoxy) is 1. The maximum Gasteiger partial charge on any atom is 0.165 e. The first kappa shape index (κ1) is 15.0. The Morgan fingerprint density at radius 2 is 2.28 bits per heavy atom. The van der Waals surface area contributed by atoms with Gasteiger partial charge in [-0.05, 0) is 43.7 Å². The number of halogens is 2. The smallest absolute Gasteiger partial charge is 0.165 e. The van der Waals surface area contributed by atoms with Crippen LogP contribution in [0.5, 0.6) is 5.75 Å². The first-order valence-corrected chi connectivity index (χ1v) is 6.53. The summed E-state index contributed by atoms with van der Waals surface area (Å²) in [5.41, 5.74) is 2.27. The van der Waals surface area contributed by atoms with E-state index in [4.69, 9.17) is 16.3 Å². The van der Waals surface area contributed by atoms with Crippen LogP contribution in [0.3, 0.4) is 0 Å². The summed E-state index contributed by atoms with van der Waals surface area (Å²) in [5, 5.41) is 3.31. The Balaban J connectivity index is 2.66. The third-order valence-electron chi connectivity index (χ3n) is 2.58. The van der Waals surface area contributed by atoms with E-state index in [0.29, 0.717) is 0 Å². The Morgan fingerprint density at radius 3 is 2.89 bits per heavy atom. The fourth-order valence-electron chi connectivity index (χ4n) is 1.56. The van der Waals surface area contributed by atoms with E-state index in [1.54, 1.807) is 12.1 Å². The minimum atomic E-state index is -0.347. The summed E-state index contributed by atoms with van der Waals surface area (Å²) in [4.78, 5) is 0. The summed E-state index contributed by atoms with van der Waals surface area (Å²) in [7, 11) is 0. The zero-order valence-corrected chi connectivity index (χ0v) is 11.5. The molecule has 0 aliphatic rings. The molecule has 0 spiro atoms. The zero-order valence-electron chi connectivity index (χ0n) is 10.7. The molecule has 0 aliphatic heterocycles. The van der Waals surface area contributed by atoms with Crippen LogP contribution in [0, 0.1) is 5.82 Å². The SMILES string of the molecule is CCCNC(C)c1ccc(OC/C=C/Cl)c(F)c1. The van der Waals surface area contributed by atoms with Gasteiger partial charge >= 0.3 is 0 Å². The van der Waals surface area contributed by atoms with E-state index < -0.39 is 0 Å². The van der Waals surface area contributed by atoms with Gasteiger partial charge in [0.05, 0.1) is 0 Å². The topological polar surface area (TPSA) is 21.3 Å². The summed E-state index contributed by atoms with van der Waals surface area (Å²) < 4.78 is 19.0. The lowest BCUT2D eigenvalue weighted by atomic mass is 10.1. The third kappa shape index (κ3) is 4.67. The first-order valence-electron chi connectivity index (χ1n) is 6.09. The first-order chi connectivity index (χ1) is 8.69. The van der Waals surface area contributed by atoms with Crippen LogP contribution in [-0.2, 0) is 0 Å². The second-order valence-electron chi connectivity index (χ2n) is 4.04. The standard InChI is InChI=1S/C14H19ClFNO/c1-3-8-17-11(2)12-5-6-14(13(16)10-12)18-9-4-7-15/h4-7,10-11,17H,3,8-9H2,1-2H3/b7-4+. The van der Waals surface area contributed by atoms with Gasteiger partial charge in [-0.3, -0.25) is 0 Å². The van der Waals surface area contributed by atoms with Gasteiger partial charge in [0.1, 0.15) is 6.61 Å². The van der Waals surface area contributed by atoms with Crippen molar-refractivity contribution in [3.05, 3.63) is 41.2 Å². The van der Waals surface area contributed by atoms with Crippen LogP contribution in [0.15, 0.2) is 29.8 Å². The number of hydrogen-bond acceptors (Lipinski definition) is 2. The molecular formula is C14H19ClFNO. The van der Waals surface area contributed by atoms with Gasteiger partial charge in [-0.15, -0.1) is 0 Å².